The first kappa shape index (κ1) is 14.1. The van der Waals surface area contributed by atoms with E-state index in [-0.39, 0.29) is 5.91 Å². The highest BCUT2D eigenvalue weighted by atomic mass is 16.5. The SMILES string of the molecule is COc1ccc(CC(=O)N(C)Cc2nccn2C)cc1. The molecule has 1 aromatic heterocycles. The van der Waals surface area contributed by atoms with E-state index >= 15 is 0 Å². The van der Waals surface area contributed by atoms with Crippen LogP contribution in [-0.2, 0) is 24.8 Å². The minimum Gasteiger partial charge on any atom is -0.497 e. The van der Waals surface area contributed by atoms with Gasteiger partial charge >= 0.3 is 0 Å². The summed E-state index contributed by atoms with van der Waals surface area (Å²) in [5.74, 6) is 1.73. The lowest BCUT2D eigenvalue weighted by molar-refractivity contribution is -0.129. The van der Waals surface area contributed by atoms with Gasteiger partial charge in [0.1, 0.15) is 11.6 Å². The van der Waals surface area contributed by atoms with Crippen LogP contribution in [-0.4, -0.2) is 34.5 Å². The molecule has 2 rings (SSSR count). The number of carbonyl (C=O) groups is 1. The summed E-state index contributed by atoms with van der Waals surface area (Å²) < 4.78 is 7.01. The molecule has 0 aliphatic carbocycles. The van der Waals surface area contributed by atoms with E-state index in [1.165, 1.54) is 0 Å². The van der Waals surface area contributed by atoms with Crippen LogP contribution in [0.2, 0.25) is 0 Å². The molecular weight excluding hydrogens is 254 g/mol. The van der Waals surface area contributed by atoms with Crippen molar-refractivity contribution < 1.29 is 9.53 Å². The Morgan fingerprint density at radius 2 is 2.05 bits per heavy atom. The van der Waals surface area contributed by atoms with Gasteiger partial charge < -0.3 is 14.2 Å². The fourth-order valence-electron chi connectivity index (χ4n) is 1.90. The molecule has 0 spiro atoms. The van der Waals surface area contributed by atoms with E-state index in [2.05, 4.69) is 4.98 Å². The van der Waals surface area contributed by atoms with Gasteiger partial charge in [-0.2, -0.15) is 0 Å². The fourth-order valence-corrected chi connectivity index (χ4v) is 1.90. The van der Waals surface area contributed by atoms with Gasteiger partial charge in [0.15, 0.2) is 0 Å². The summed E-state index contributed by atoms with van der Waals surface area (Å²) in [6.07, 6.45) is 3.99. The largest absolute Gasteiger partial charge is 0.497 e. The van der Waals surface area contributed by atoms with Gasteiger partial charge in [0.05, 0.1) is 20.1 Å². The molecule has 20 heavy (non-hydrogen) atoms. The second-order valence-electron chi connectivity index (χ2n) is 4.73. The number of carbonyl (C=O) groups excluding carboxylic acids is 1. The Morgan fingerprint density at radius 1 is 1.35 bits per heavy atom. The van der Waals surface area contributed by atoms with Crippen LogP contribution < -0.4 is 4.74 Å². The number of imidazole rings is 1. The normalized spacial score (nSPS) is 10.3. The van der Waals surface area contributed by atoms with Gasteiger partial charge in [-0.05, 0) is 17.7 Å². The van der Waals surface area contributed by atoms with Crippen LogP contribution in [0.15, 0.2) is 36.7 Å². The van der Waals surface area contributed by atoms with E-state index in [0.717, 1.165) is 17.1 Å². The molecule has 0 aliphatic rings. The maximum atomic E-state index is 12.2. The molecule has 106 valence electrons. The number of hydrogen-bond acceptors (Lipinski definition) is 3. The molecule has 0 bridgehead atoms. The van der Waals surface area contributed by atoms with E-state index in [1.54, 1.807) is 25.3 Å². The quantitative estimate of drug-likeness (QED) is 0.832. The number of aryl methyl sites for hydroxylation is 1. The lowest BCUT2D eigenvalue weighted by Gasteiger charge is -2.17. The summed E-state index contributed by atoms with van der Waals surface area (Å²) in [6, 6.07) is 7.54. The molecule has 5 nitrogen and oxygen atoms in total. The Kier molecular flexibility index (Phi) is 4.40. The molecule has 0 saturated heterocycles. The summed E-state index contributed by atoms with van der Waals surface area (Å²) in [5.41, 5.74) is 0.975. The van der Waals surface area contributed by atoms with Crippen LogP contribution in [0, 0.1) is 0 Å². The molecule has 0 N–H and O–H groups in total. The average Bonchev–Trinajstić information content (AvgIpc) is 2.85. The Morgan fingerprint density at radius 3 is 2.60 bits per heavy atom. The molecule has 0 atom stereocenters. The minimum atomic E-state index is 0.0677. The van der Waals surface area contributed by atoms with Gasteiger partial charge in [-0.15, -0.1) is 0 Å². The van der Waals surface area contributed by atoms with Crippen LogP contribution in [0.3, 0.4) is 0 Å². The van der Waals surface area contributed by atoms with E-state index in [9.17, 15) is 4.79 Å². The molecule has 0 aliphatic heterocycles. The van der Waals surface area contributed by atoms with Crippen molar-refractivity contribution in [1.29, 1.82) is 0 Å². The zero-order chi connectivity index (χ0) is 14.5. The Balaban J connectivity index is 1.95. The standard InChI is InChI=1S/C15H19N3O2/c1-17-9-8-16-14(17)11-18(2)15(19)10-12-4-6-13(20-3)7-5-12/h4-9H,10-11H2,1-3H3. The van der Waals surface area contributed by atoms with Crippen LogP contribution in [0.1, 0.15) is 11.4 Å². The molecule has 0 radical (unpaired) electrons. The van der Waals surface area contributed by atoms with Crippen molar-refractivity contribution in [1.82, 2.24) is 14.5 Å². The topological polar surface area (TPSA) is 47.4 Å². The third-order valence-corrected chi connectivity index (χ3v) is 3.24. The van der Waals surface area contributed by atoms with E-state index < -0.39 is 0 Å². The molecule has 1 heterocycles. The highest BCUT2D eigenvalue weighted by Crippen LogP contribution is 2.12. The van der Waals surface area contributed by atoms with Gasteiger partial charge in [0, 0.05) is 26.5 Å². The molecule has 1 amide bonds. The molecule has 1 aromatic carbocycles. The van der Waals surface area contributed by atoms with E-state index in [0.29, 0.717) is 13.0 Å². The maximum absolute atomic E-state index is 12.2. The molecule has 5 heteroatoms. The number of rotatable bonds is 5. The Bertz CT molecular complexity index is 575. The first-order chi connectivity index (χ1) is 9.60. The lowest BCUT2D eigenvalue weighted by Crippen LogP contribution is -2.28. The molecule has 0 unspecified atom stereocenters. The highest BCUT2D eigenvalue weighted by Gasteiger charge is 2.12. The predicted octanol–water partition coefficient (Wildman–Crippen LogP) is 1.63. The van der Waals surface area contributed by atoms with Crippen molar-refractivity contribution in [3.8, 4) is 5.75 Å². The van der Waals surface area contributed by atoms with Gasteiger partial charge in [-0.3, -0.25) is 4.79 Å². The number of benzene rings is 1. The van der Waals surface area contributed by atoms with Gasteiger partial charge in [0.25, 0.3) is 0 Å². The number of methoxy groups -OCH3 is 1. The van der Waals surface area contributed by atoms with E-state index in [4.69, 9.17) is 4.74 Å². The van der Waals surface area contributed by atoms with Crippen LogP contribution in [0.4, 0.5) is 0 Å². The fraction of sp³-hybridized carbons (Fsp3) is 0.333. The number of amides is 1. The Hall–Kier alpha value is -2.30. The van der Waals surface area contributed by atoms with Crippen LogP contribution >= 0.6 is 0 Å². The number of hydrogen-bond donors (Lipinski definition) is 0. The van der Waals surface area contributed by atoms with Crippen molar-refractivity contribution in [3.05, 3.63) is 48.0 Å². The van der Waals surface area contributed by atoms with Gasteiger partial charge in [-0.25, -0.2) is 4.98 Å². The Labute approximate surface area is 118 Å². The van der Waals surface area contributed by atoms with Crippen molar-refractivity contribution in [2.24, 2.45) is 7.05 Å². The summed E-state index contributed by atoms with van der Waals surface area (Å²) in [7, 11) is 5.34. The van der Waals surface area contributed by atoms with Crippen LogP contribution in [0.5, 0.6) is 5.75 Å². The predicted molar refractivity (Wildman–Crippen MR) is 76.4 cm³/mol. The minimum absolute atomic E-state index is 0.0677. The lowest BCUT2D eigenvalue weighted by atomic mass is 10.1. The smallest absolute Gasteiger partial charge is 0.227 e. The third kappa shape index (κ3) is 3.38. The monoisotopic (exact) mass is 273 g/mol. The number of nitrogens with zero attached hydrogens (tertiary/aromatic N) is 3. The summed E-state index contributed by atoms with van der Waals surface area (Å²) in [6.45, 7) is 0.512. The number of ether oxygens (including phenoxy) is 1. The summed E-state index contributed by atoms with van der Waals surface area (Å²) in [5, 5.41) is 0. The molecule has 0 saturated carbocycles. The average molecular weight is 273 g/mol. The van der Waals surface area contributed by atoms with Crippen LogP contribution in [0.25, 0.3) is 0 Å². The zero-order valence-electron chi connectivity index (χ0n) is 12.0. The zero-order valence-corrected chi connectivity index (χ0v) is 12.0. The molecule has 0 fully saturated rings. The summed E-state index contributed by atoms with van der Waals surface area (Å²) >= 11 is 0. The first-order valence-electron chi connectivity index (χ1n) is 6.43. The van der Waals surface area contributed by atoms with Gasteiger partial charge in [-0.1, -0.05) is 12.1 Å². The van der Waals surface area contributed by atoms with Crippen molar-refractivity contribution in [2.45, 2.75) is 13.0 Å². The molecule has 2 aromatic rings. The van der Waals surface area contributed by atoms with Crippen molar-refractivity contribution in [2.75, 3.05) is 14.2 Å². The van der Waals surface area contributed by atoms with Gasteiger partial charge in [0.2, 0.25) is 5.91 Å². The number of aromatic nitrogens is 2. The van der Waals surface area contributed by atoms with Crippen molar-refractivity contribution in [3.63, 3.8) is 0 Å². The molecular formula is C15H19N3O2. The van der Waals surface area contributed by atoms with Crippen molar-refractivity contribution >= 4 is 5.91 Å². The first-order valence-corrected chi connectivity index (χ1v) is 6.43. The summed E-state index contributed by atoms with van der Waals surface area (Å²) in [4.78, 5) is 18.1. The second kappa shape index (κ2) is 6.23. The number of likely N-dealkylation sites (N-methyl/N-ethyl adjacent to an activating group) is 1. The second-order valence-corrected chi connectivity index (χ2v) is 4.73. The highest BCUT2D eigenvalue weighted by molar-refractivity contribution is 5.78. The van der Waals surface area contributed by atoms with E-state index in [1.807, 2.05) is 42.1 Å². The maximum Gasteiger partial charge on any atom is 0.227 e. The third-order valence-electron chi connectivity index (χ3n) is 3.24.